The van der Waals surface area contributed by atoms with Crippen molar-refractivity contribution in [2.45, 2.75) is 13.3 Å². The molecule has 0 unspecified atom stereocenters. The Labute approximate surface area is 152 Å². The Hall–Kier alpha value is -0.487. The molecule has 0 bridgehead atoms. The number of benzene rings is 2. The van der Waals surface area contributed by atoms with Crippen LogP contribution in [-0.4, -0.2) is 0 Å². The summed E-state index contributed by atoms with van der Waals surface area (Å²) in [5.74, 6) is 0. The average Bonchev–Trinajstić information content (AvgIpc) is 2.89. The SMILES string of the molecule is CCc1ccccc1.[Cl-].[Cl-].[Zr+3].c1ccc2[cH-]ccc2c1. The molecule has 0 N–H and O–H groups in total. The van der Waals surface area contributed by atoms with Gasteiger partial charge in [-0.05, 0) is 12.0 Å². The van der Waals surface area contributed by atoms with Crippen LogP contribution in [0.2, 0.25) is 0 Å². The van der Waals surface area contributed by atoms with E-state index in [1.165, 1.54) is 16.3 Å². The fraction of sp³-hybridized carbons (Fsp3) is 0.118. The van der Waals surface area contributed by atoms with E-state index in [2.05, 4.69) is 73.7 Å². The molecule has 1 radical (unpaired) electrons. The zero-order valence-corrected chi connectivity index (χ0v) is 15.4. The number of aryl methyl sites for hydroxylation is 1. The standard InChI is InChI=1S/C9H7.C8H10.2ClH.Zr/c1-2-5-9-7-3-6-8(9)4-1;1-2-8-6-4-3-5-7-8;;;/h1-7H;3-7H,2H2,1H3;2*1H;/q-1;;;;+3/p-2. The van der Waals surface area contributed by atoms with E-state index in [1.807, 2.05) is 6.07 Å². The molecule has 0 amide bonds. The van der Waals surface area contributed by atoms with Crippen LogP contribution in [0.5, 0.6) is 0 Å². The van der Waals surface area contributed by atoms with Gasteiger partial charge < -0.3 is 24.8 Å². The van der Waals surface area contributed by atoms with Crippen LogP contribution in [-0.2, 0) is 32.6 Å². The predicted molar refractivity (Wildman–Crippen MR) is 75.4 cm³/mol. The van der Waals surface area contributed by atoms with E-state index in [4.69, 9.17) is 0 Å². The van der Waals surface area contributed by atoms with E-state index in [-0.39, 0.29) is 51.0 Å². The molecule has 0 saturated carbocycles. The van der Waals surface area contributed by atoms with Crippen molar-refractivity contribution in [3.63, 3.8) is 0 Å². The van der Waals surface area contributed by atoms with Gasteiger partial charge in [0.2, 0.25) is 0 Å². The summed E-state index contributed by atoms with van der Waals surface area (Å²) in [7, 11) is 0. The first-order valence-electron chi connectivity index (χ1n) is 6.04. The number of rotatable bonds is 1. The molecule has 3 aromatic carbocycles. The van der Waals surface area contributed by atoms with Gasteiger partial charge in [-0.25, -0.2) is 0 Å². The third-order valence-electron chi connectivity index (χ3n) is 2.80. The predicted octanol–water partition coefficient (Wildman–Crippen LogP) is -1.19. The van der Waals surface area contributed by atoms with Crippen LogP contribution in [0, 0.1) is 0 Å². The van der Waals surface area contributed by atoms with Crippen LogP contribution in [0.1, 0.15) is 12.5 Å². The first kappa shape index (κ1) is 21.8. The van der Waals surface area contributed by atoms with Gasteiger partial charge in [0, 0.05) is 0 Å². The zero-order chi connectivity index (χ0) is 11.9. The van der Waals surface area contributed by atoms with Crippen molar-refractivity contribution in [2.24, 2.45) is 0 Å². The number of hydrogen-bond acceptors (Lipinski definition) is 0. The quantitative estimate of drug-likeness (QED) is 0.464. The van der Waals surface area contributed by atoms with Crippen molar-refractivity contribution in [2.75, 3.05) is 0 Å². The van der Waals surface area contributed by atoms with E-state index in [0.717, 1.165) is 6.42 Å². The van der Waals surface area contributed by atoms with Gasteiger partial charge in [0.15, 0.2) is 0 Å². The molecule has 0 aliphatic rings. The number of hydrogen-bond donors (Lipinski definition) is 0. The van der Waals surface area contributed by atoms with E-state index in [0.29, 0.717) is 0 Å². The largest absolute Gasteiger partial charge is 3.00 e. The summed E-state index contributed by atoms with van der Waals surface area (Å²) in [6, 6.07) is 25.1. The number of halogens is 2. The molecule has 20 heavy (non-hydrogen) atoms. The smallest absolute Gasteiger partial charge is 1.00 e. The molecule has 0 spiro atoms. The van der Waals surface area contributed by atoms with E-state index in [1.54, 1.807) is 0 Å². The van der Waals surface area contributed by atoms with Gasteiger partial charge in [-0.3, -0.25) is 0 Å². The van der Waals surface area contributed by atoms with Crippen LogP contribution < -0.4 is 24.8 Å². The molecule has 3 rings (SSSR count). The summed E-state index contributed by atoms with van der Waals surface area (Å²) in [6.07, 6.45) is 1.14. The molecule has 0 saturated heterocycles. The third-order valence-corrected chi connectivity index (χ3v) is 2.80. The minimum absolute atomic E-state index is 0. The Morgan fingerprint density at radius 1 is 0.800 bits per heavy atom. The molecule has 103 valence electrons. The molecule has 3 aromatic rings. The van der Waals surface area contributed by atoms with Crippen LogP contribution in [0.4, 0.5) is 0 Å². The maximum absolute atomic E-state index is 2.16. The van der Waals surface area contributed by atoms with Crippen LogP contribution >= 0.6 is 0 Å². The molecule has 0 heterocycles. The molecule has 0 aliphatic carbocycles. The topological polar surface area (TPSA) is 0 Å². The molecule has 0 nitrogen and oxygen atoms in total. The van der Waals surface area contributed by atoms with Crippen LogP contribution in [0.3, 0.4) is 0 Å². The van der Waals surface area contributed by atoms with Gasteiger partial charge >= 0.3 is 26.2 Å². The second-order valence-corrected chi connectivity index (χ2v) is 3.99. The summed E-state index contributed by atoms with van der Waals surface area (Å²) >= 11 is 0. The van der Waals surface area contributed by atoms with Crippen molar-refractivity contribution in [3.05, 3.63) is 78.4 Å². The van der Waals surface area contributed by atoms with E-state index < -0.39 is 0 Å². The van der Waals surface area contributed by atoms with Crippen molar-refractivity contribution < 1.29 is 51.0 Å². The Bertz CT molecular complexity index is 531. The molecule has 0 fully saturated rings. The fourth-order valence-electron chi connectivity index (χ4n) is 1.78. The van der Waals surface area contributed by atoms with Gasteiger partial charge in [0.1, 0.15) is 0 Å². The van der Waals surface area contributed by atoms with Gasteiger partial charge in [-0.1, -0.05) is 43.3 Å². The summed E-state index contributed by atoms with van der Waals surface area (Å²) in [4.78, 5) is 0. The Balaban J connectivity index is 0. The third kappa shape index (κ3) is 6.79. The normalized spacial score (nSPS) is 8.25. The van der Waals surface area contributed by atoms with E-state index >= 15 is 0 Å². The molecule has 0 aromatic heterocycles. The monoisotopic (exact) mass is 381 g/mol. The molecular weight excluding hydrogens is 366 g/mol. The fourth-order valence-corrected chi connectivity index (χ4v) is 1.78. The number of fused-ring (bicyclic) bond motifs is 1. The molecule has 0 aliphatic heterocycles. The van der Waals surface area contributed by atoms with Crippen LogP contribution in [0.15, 0.2) is 72.8 Å². The van der Waals surface area contributed by atoms with Gasteiger partial charge in [-0.15, -0.1) is 29.7 Å². The zero-order valence-electron chi connectivity index (χ0n) is 11.4. The minimum atomic E-state index is 0. The first-order valence-corrected chi connectivity index (χ1v) is 6.04. The average molecular weight is 383 g/mol. The van der Waals surface area contributed by atoms with Crippen molar-refractivity contribution in [3.8, 4) is 0 Å². The van der Waals surface area contributed by atoms with Crippen molar-refractivity contribution in [1.29, 1.82) is 0 Å². The minimum Gasteiger partial charge on any atom is -1.00 e. The maximum Gasteiger partial charge on any atom is 3.00 e. The maximum atomic E-state index is 2.16. The Kier molecular flexibility index (Phi) is 13.4. The summed E-state index contributed by atoms with van der Waals surface area (Å²) in [5, 5.41) is 2.66. The Morgan fingerprint density at radius 2 is 1.40 bits per heavy atom. The van der Waals surface area contributed by atoms with Crippen molar-refractivity contribution >= 4 is 10.8 Å². The van der Waals surface area contributed by atoms with Crippen molar-refractivity contribution in [1.82, 2.24) is 0 Å². The molecule has 3 heteroatoms. The summed E-state index contributed by atoms with van der Waals surface area (Å²) in [6.45, 7) is 2.16. The Morgan fingerprint density at radius 3 is 1.95 bits per heavy atom. The van der Waals surface area contributed by atoms with E-state index in [9.17, 15) is 0 Å². The molecular formula is C17H17Cl2Zr. The van der Waals surface area contributed by atoms with Gasteiger partial charge in [-0.2, -0.15) is 17.5 Å². The van der Waals surface area contributed by atoms with Gasteiger partial charge in [0.25, 0.3) is 0 Å². The summed E-state index contributed by atoms with van der Waals surface area (Å²) in [5.41, 5.74) is 1.41. The summed E-state index contributed by atoms with van der Waals surface area (Å²) < 4.78 is 0. The second-order valence-electron chi connectivity index (χ2n) is 3.99. The van der Waals surface area contributed by atoms with Gasteiger partial charge in [0.05, 0.1) is 0 Å². The second kappa shape index (κ2) is 12.3. The molecule has 0 atom stereocenters. The first-order chi connectivity index (χ1) is 8.40. The van der Waals surface area contributed by atoms with Crippen LogP contribution in [0.25, 0.3) is 10.8 Å².